The van der Waals surface area contributed by atoms with Crippen molar-refractivity contribution in [3.63, 3.8) is 0 Å². The van der Waals surface area contributed by atoms with Gasteiger partial charge in [-0.15, -0.1) is 0 Å². The van der Waals surface area contributed by atoms with E-state index in [4.69, 9.17) is 19.9 Å². The average molecular weight is 1340 g/mol. The lowest BCUT2D eigenvalue weighted by Crippen LogP contribution is -2.26. The van der Waals surface area contributed by atoms with Crippen LogP contribution in [0.25, 0.3) is 66.8 Å². The minimum atomic E-state index is 0.797. The van der Waals surface area contributed by atoms with Crippen LogP contribution >= 0.6 is 0 Å². The van der Waals surface area contributed by atoms with Gasteiger partial charge in [0.25, 0.3) is 0 Å². The molecule has 15 aromatic rings. The molecule has 0 saturated heterocycles. The van der Waals surface area contributed by atoms with E-state index < -0.39 is 0 Å². The molecule has 105 heavy (non-hydrogen) atoms. The van der Waals surface area contributed by atoms with E-state index in [2.05, 4.69) is 226 Å². The summed E-state index contributed by atoms with van der Waals surface area (Å²) >= 11 is 0. The van der Waals surface area contributed by atoms with Gasteiger partial charge in [-0.05, 0) is 271 Å². The second-order valence-corrected chi connectivity index (χ2v) is 30.7. The number of aromatic nitrogens is 5. The molecular formula is C97H64N8. The zero-order valence-corrected chi connectivity index (χ0v) is 57.7. The van der Waals surface area contributed by atoms with Crippen LogP contribution in [0, 0.1) is 0 Å². The highest BCUT2D eigenvalue weighted by Gasteiger charge is 2.42. The fourth-order valence-electron chi connectivity index (χ4n) is 21.3. The van der Waals surface area contributed by atoms with Gasteiger partial charge in [0.15, 0.2) is 0 Å². The highest BCUT2D eigenvalue weighted by molar-refractivity contribution is 6.01. The summed E-state index contributed by atoms with van der Waals surface area (Å²) in [6, 6.07) is 77.2. The molecule has 6 aliphatic heterocycles. The number of hydrogen-bond acceptors (Lipinski definition) is 8. The standard InChI is InChI=1S/C33H22N2.2C32H21N3/c1-2-9-25-19(5-1)17-27-26(25)12-10-20-15-21-11-13-29-28(31(21)30(20)27)18-23-7-3-6-22-16-24-8-4-14-34-33(24)35(29)32(22)23;1-2-5-21-18(4-1)14-24-22(21)8-9-23-25(24)15-19-7-10-29-26(31(19)23)16-20-11-13-34-28-17-27-30(6-3-12-33-27)35(29)32(20)28;1-2-4-22-18(3-1)13-25-23(22)6-7-24-26(25)14-19-5-8-30-27(31(19)24)15-20-9-12-34-28-16-21-17-33-11-10-29(21)35(30)32(20)28/h1-14H,15-18H2;1-13H,14-17H2;1-12,17H,13-16H2. The first-order valence-corrected chi connectivity index (χ1v) is 37.4. The second kappa shape index (κ2) is 21.0. The number of nitrogens with zero attached hydrogens (tertiary/aromatic N) is 8. The quantitative estimate of drug-likeness (QED) is 0.149. The van der Waals surface area contributed by atoms with Crippen LogP contribution in [0.3, 0.4) is 0 Å². The van der Waals surface area contributed by atoms with Gasteiger partial charge in [0.2, 0.25) is 0 Å². The zero-order valence-electron chi connectivity index (χ0n) is 57.7. The highest BCUT2D eigenvalue weighted by Crippen LogP contribution is 2.60. The number of fused-ring (bicyclic) bond motifs is 36. The first kappa shape index (κ1) is 56.9. The Labute approximate surface area is 608 Å². The van der Waals surface area contributed by atoms with E-state index >= 15 is 0 Å². The maximum atomic E-state index is 4.89. The molecule has 0 atom stereocenters. The summed E-state index contributed by atoms with van der Waals surface area (Å²) in [5.41, 5.74) is 61.3. The third-order valence-corrected chi connectivity index (χ3v) is 25.6. The number of benzene rings is 10. The van der Waals surface area contributed by atoms with Gasteiger partial charge in [-0.1, -0.05) is 152 Å². The lowest BCUT2D eigenvalue weighted by Gasteiger charge is -2.39. The Bertz CT molecular complexity index is 6270. The molecule has 0 spiro atoms. The summed E-state index contributed by atoms with van der Waals surface area (Å²) < 4.78 is 0. The molecule has 5 aromatic heterocycles. The maximum absolute atomic E-state index is 4.89. The zero-order chi connectivity index (χ0) is 68.0. The van der Waals surface area contributed by atoms with Crippen LogP contribution in [0.2, 0.25) is 0 Å². The van der Waals surface area contributed by atoms with Crippen LogP contribution in [0.4, 0.5) is 51.3 Å². The van der Waals surface area contributed by atoms with E-state index in [0.29, 0.717) is 0 Å². The van der Waals surface area contributed by atoms with Crippen molar-refractivity contribution < 1.29 is 0 Å². The van der Waals surface area contributed by atoms with Crippen molar-refractivity contribution in [3.05, 3.63) is 377 Å². The molecule has 492 valence electrons. The molecule has 0 amide bonds. The Morgan fingerprint density at radius 1 is 0.200 bits per heavy atom. The second-order valence-electron chi connectivity index (χ2n) is 30.7. The van der Waals surface area contributed by atoms with E-state index in [9.17, 15) is 0 Å². The predicted octanol–water partition coefficient (Wildman–Crippen LogP) is 21.3. The fraction of sp³-hybridized carbons (Fsp3) is 0.124. The van der Waals surface area contributed by atoms with Gasteiger partial charge >= 0.3 is 0 Å². The fourth-order valence-corrected chi connectivity index (χ4v) is 21.3. The largest absolute Gasteiger partial charge is 0.308 e. The number of pyridine rings is 5. The Balaban J connectivity index is 0.0000000914. The molecule has 0 fully saturated rings. The summed E-state index contributed by atoms with van der Waals surface area (Å²) in [7, 11) is 0. The summed E-state index contributed by atoms with van der Waals surface area (Å²) in [6.07, 6.45) is 23.4. The molecule has 27 rings (SSSR count). The van der Waals surface area contributed by atoms with Crippen LogP contribution in [0.15, 0.2) is 243 Å². The minimum absolute atomic E-state index is 0.797. The van der Waals surface area contributed by atoms with Crippen LogP contribution in [0.5, 0.6) is 0 Å². The summed E-state index contributed by atoms with van der Waals surface area (Å²) in [4.78, 5) is 30.9. The predicted molar refractivity (Wildman–Crippen MR) is 419 cm³/mol. The van der Waals surface area contributed by atoms with Crippen LogP contribution in [0.1, 0.15) is 134 Å². The lowest BCUT2D eigenvalue weighted by molar-refractivity contribution is 0.927. The molecule has 0 saturated carbocycles. The number of hydrogen-bond donors (Lipinski definition) is 0. The first-order chi connectivity index (χ1) is 52.0. The Morgan fingerprint density at radius 3 is 1.28 bits per heavy atom. The SMILES string of the molecule is c1ccc2c(c1)Cc1c-2ccc2c1-c1c(ccc3c1Cc1cccc4c1N3c1ncccc1C4)C2.c1ccc2c(c1)Cc1c-2ccc2c1Cc1ccc3c(c1-2)Cc1ccnc2c1N3c1cccnc1C2.c1ccc2c(c1)Cc1c-2ccc2c1Cc1ccc3c(c1-2)Cc1ccnc2c1N3c1ccncc1C2. The van der Waals surface area contributed by atoms with Crippen molar-refractivity contribution in [3.8, 4) is 66.8 Å². The average Bonchev–Trinajstić information content (AvgIpc) is 1.67. The molecule has 12 aliphatic rings. The van der Waals surface area contributed by atoms with Crippen LogP contribution in [-0.2, 0) is 77.0 Å². The number of para-hydroxylation sites is 1. The van der Waals surface area contributed by atoms with E-state index in [1.165, 1.54) is 229 Å². The lowest BCUT2D eigenvalue weighted by atomic mass is 9.83. The van der Waals surface area contributed by atoms with Gasteiger partial charge in [0.1, 0.15) is 5.82 Å². The Kier molecular flexibility index (Phi) is 11.4. The first-order valence-electron chi connectivity index (χ1n) is 37.4. The normalized spacial score (nSPS) is 14.9. The molecule has 6 aliphatic carbocycles. The van der Waals surface area contributed by atoms with Crippen molar-refractivity contribution in [2.75, 3.05) is 14.7 Å². The van der Waals surface area contributed by atoms with Crippen molar-refractivity contribution >= 4 is 51.3 Å². The van der Waals surface area contributed by atoms with Gasteiger partial charge in [-0.25, -0.2) is 4.98 Å². The van der Waals surface area contributed by atoms with Crippen molar-refractivity contribution in [1.29, 1.82) is 0 Å². The summed E-state index contributed by atoms with van der Waals surface area (Å²) in [6.45, 7) is 0. The third-order valence-electron chi connectivity index (χ3n) is 25.6. The van der Waals surface area contributed by atoms with Gasteiger partial charge < -0.3 is 9.80 Å². The molecule has 0 radical (unpaired) electrons. The monoisotopic (exact) mass is 1340 g/mol. The number of rotatable bonds is 0. The van der Waals surface area contributed by atoms with Crippen molar-refractivity contribution in [2.45, 2.75) is 77.0 Å². The Morgan fingerprint density at radius 2 is 0.629 bits per heavy atom. The van der Waals surface area contributed by atoms with Crippen molar-refractivity contribution in [2.24, 2.45) is 0 Å². The molecule has 0 N–H and O–H groups in total. The van der Waals surface area contributed by atoms with Gasteiger partial charge in [0.05, 0.1) is 62.6 Å². The van der Waals surface area contributed by atoms with Gasteiger partial charge in [-0.3, -0.25) is 24.8 Å². The number of anilines is 9. The third kappa shape index (κ3) is 7.82. The van der Waals surface area contributed by atoms with E-state index in [0.717, 1.165) is 99.9 Å². The van der Waals surface area contributed by atoms with E-state index in [1.807, 2.05) is 37.2 Å². The summed E-state index contributed by atoms with van der Waals surface area (Å²) in [5, 5.41) is 0. The topological polar surface area (TPSA) is 74.2 Å². The van der Waals surface area contributed by atoms with Gasteiger partial charge in [-0.2, -0.15) is 0 Å². The molecule has 11 heterocycles. The maximum Gasteiger partial charge on any atom is 0.141 e. The molecule has 0 unspecified atom stereocenters. The van der Waals surface area contributed by atoms with Crippen LogP contribution < -0.4 is 14.7 Å². The smallest absolute Gasteiger partial charge is 0.141 e. The van der Waals surface area contributed by atoms with E-state index in [1.54, 1.807) is 0 Å². The van der Waals surface area contributed by atoms with Gasteiger partial charge in [0, 0.05) is 81.3 Å². The summed E-state index contributed by atoms with van der Waals surface area (Å²) in [5.74, 6) is 1.09. The minimum Gasteiger partial charge on any atom is -0.308 e. The van der Waals surface area contributed by atoms with Crippen LogP contribution in [-0.4, -0.2) is 24.9 Å². The molecule has 8 nitrogen and oxygen atoms in total. The Hall–Kier alpha value is -12.7. The highest BCUT2D eigenvalue weighted by atomic mass is 15.2. The molecule has 10 aromatic carbocycles. The molecule has 8 heteroatoms. The van der Waals surface area contributed by atoms with Crippen molar-refractivity contribution in [1.82, 2.24) is 24.9 Å². The molecule has 0 bridgehead atoms. The molecular weight excluding hydrogens is 1280 g/mol. The van der Waals surface area contributed by atoms with E-state index in [-0.39, 0.29) is 0 Å².